The summed E-state index contributed by atoms with van der Waals surface area (Å²) in [6, 6.07) is 8.20. The number of hydrogen-bond acceptors (Lipinski definition) is 6. The molecule has 1 aromatic heterocycles. The Labute approximate surface area is 135 Å². The molecule has 1 atom stereocenters. The number of nitrogens with zero attached hydrogens (tertiary/aromatic N) is 3. The van der Waals surface area contributed by atoms with Gasteiger partial charge in [-0.2, -0.15) is 4.98 Å². The molecule has 124 valence electrons. The maximum absolute atomic E-state index is 11.4. The Morgan fingerprint density at radius 1 is 1.30 bits per heavy atom. The lowest BCUT2D eigenvalue weighted by Crippen LogP contribution is -2.47. The standard InChI is InChI=1S/C15H20N4O3S/c1-11-5-7-12(8-6-11)14-16-15(22-17-14)19-9-3-4-13(10-19)18-23(2,20)21/h5-8,13,18H,3-4,9-10H2,1-2H3/t13-/m0/s1. The number of aromatic nitrogens is 2. The zero-order chi connectivity index (χ0) is 16.4. The minimum Gasteiger partial charge on any atom is -0.323 e. The number of aryl methyl sites for hydroxylation is 1. The molecule has 0 amide bonds. The second-order valence-electron chi connectivity index (χ2n) is 5.94. The molecule has 1 aromatic carbocycles. The summed E-state index contributed by atoms with van der Waals surface area (Å²) in [6.07, 6.45) is 2.85. The molecule has 0 aliphatic carbocycles. The fourth-order valence-electron chi connectivity index (χ4n) is 2.71. The van der Waals surface area contributed by atoms with E-state index in [1.165, 1.54) is 11.8 Å². The number of hydrogen-bond donors (Lipinski definition) is 1. The second kappa shape index (κ2) is 6.29. The van der Waals surface area contributed by atoms with Gasteiger partial charge in [-0.1, -0.05) is 35.0 Å². The van der Waals surface area contributed by atoms with Crippen LogP contribution in [0.3, 0.4) is 0 Å². The number of rotatable bonds is 4. The van der Waals surface area contributed by atoms with E-state index in [0.29, 0.717) is 18.4 Å². The fourth-order valence-corrected chi connectivity index (χ4v) is 3.51. The van der Waals surface area contributed by atoms with Crippen molar-refractivity contribution in [3.05, 3.63) is 29.8 Å². The molecule has 0 spiro atoms. The first-order valence-corrected chi connectivity index (χ1v) is 9.43. The second-order valence-corrected chi connectivity index (χ2v) is 7.72. The normalized spacial score (nSPS) is 19.0. The first-order valence-electron chi connectivity index (χ1n) is 7.54. The molecule has 0 unspecified atom stereocenters. The van der Waals surface area contributed by atoms with Gasteiger partial charge in [0.2, 0.25) is 15.8 Å². The Kier molecular flexibility index (Phi) is 4.36. The van der Waals surface area contributed by atoms with Crippen LogP contribution in [0.2, 0.25) is 0 Å². The molecule has 1 fully saturated rings. The van der Waals surface area contributed by atoms with Crippen LogP contribution >= 0.6 is 0 Å². The van der Waals surface area contributed by atoms with Crippen molar-refractivity contribution in [3.8, 4) is 11.4 Å². The molecule has 8 heteroatoms. The van der Waals surface area contributed by atoms with Crippen molar-refractivity contribution in [1.82, 2.24) is 14.9 Å². The van der Waals surface area contributed by atoms with Gasteiger partial charge in [-0.3, -0.25) is 0 Å². The molecule has 23 heavy (non-hydrogen) atoms. The van der Waals surface area contributed by atoms with E-state index in [-0.39, 0.29) is 6.04 Å². The smallest absolute Gasteiger partial charge is 0.323 e. The van der Waals surface area contributed by atoms with Gasteiger partial charge in [0.05, 0.1) is 6.26 Å². The zero-order valence-corrected chi connectivity index (χ0v) is 14.0. The van der Waals surface area contributed by atoms with Crippen LogP contribution in [-0.2, 0) is 10.0 Å². The van der Waals surface area contributed by atoms with Crippen LogP contribution in [0.25, 0.3) is 11.4 Å². The van der Waals surface area contributed by atoms with Gasteiger partial charge in [-0.05, 0) is 19.8 Å². The predicted octanol–water partition coefficient (Wildman–Crippen LogP) is 1.56. The van der Waals surface area contributed by atoms with E-state index in [9.17, 15) is 8.42 Å². The SMILES string of the molecule is Cc1ccc(-c2noc(N3CCC[C@H](NS(C)(=O)=O)C3)n2)cc1. The van der Waals surface area contributed by atoms with Crippen LogP contribution in [0.15, 0.2) is 28.8 Å². The summed E-state index contributed by atoms with van der Waals surface area (Å²) in [6.45, 7) is 3.33. The summed E-state index contributed by atoms with van der Waals surface area (Å²) in [5.41, 5.74) is 2.07. The van der Waals surface area contributed by atoms with E-state index in [0.717, 1.165) is 24.9 Å². The highest BCUT2D eigenvalue weighted by molar-refractivity contribution is 7.88. The third-order valence-corrected chi connectivity index (χ3v) is 4.56. The van der Waals surface area contributed by atoms with Crippen molar-refractivity contribution >= 4 is 16.0 Å². The summed E-state index contributed by atoms with van der Waals surface area (Å²) in [7, 11) is -3.21. The van der Waals surface area contributed by atoms with Crippen LogP contribution < -0.4 is 9.62 Å². The molecule has 0 bridgehead atoms. The number of nitrogens with one attached hydrogen (secondary N) is 1. The maximum Gasteiger partial charge on any atom is 0.324 e. The number of anilines is 1. The Morgan fingerprint density at radius 3 is 2.74 bits per heavy atom. The van der Waals surface area contributed by atoms with E-state index in [2.05, 4.69) is 14.9 Å². The van der Waals surface area contributed by atoms with Crippen LogP contribution in [0.1, 0.15) is 18.4 Å². The summed E-state index contributed by atoms with van der Waals surface area (Å²) in [4.78, 5) is 6.36. The Bertz CT molecular complexity index is 770. The lowest BCUT2D eigenvalue weighted by molar-refractivity contribution is 0.387. The molecule has 1 aliphatic rings. The Balaban J connectivity index is 1.73. The third-order valence-electron chi connectivity index (χ3n) is 3.80. The van der Waals surface area contributed by atoms with E-state index >= 15 is 0 Å². The van der Waals surface area contributed by atoms with Gasteiger partial charge in [0.25, 0.3) is 0 Å². The van der Waals surface area contributed by atoms with Crippen LogP contribution in [0, 0.1) is 6.92 Å². The largest absolute Gasteiger partial charge is 0.324 e. The van der Waals surface area contributed by atoms with E-state index in [4.69, 9.17) is 4.52 Å². The zero-order valence-electron chi connectivity index (χ0n) is 13.2. The quantitative estimate of drug-likeness (QED) is 0.911. The van der Waals surface area contributed by atoms with Gasteiger partial charge in [0.1, 0.15) is 0 Å². The highest BCUT2D eigenvalue weighted by Gasteiger charge is 2.25. The average molecular weight is 336 g/mol. The Morgan fingerprint density at radius 2 is 2.04 bits per heavy atom. The van der Waals surface area contributed by atoms with E-state index in [1.54, 1.807) is 0 Å². The predicted molar refractivity (Wildman–Crippen MR) is 87.7 cm³/mol. The molecular weight excluding hydrogens is 316 g/mol. The first-order chi connectivity index (χ1) is 10.9. The maximum atomic E-state index is 11.4. The average Bonchev–Trinajstić information content (AvgIpc) is 2.96. The van der Waals surface area contributed by atoms with Crippen LogP contribution in [0.5, 0.6) is 0 Å². The lowest BCUT2D eigenvalue weighted by atomic mass is 10.1. The molecule has 1 N–H and O–H groups in total. The molecule has 2 heterocycles. The number of piperidine rings is 1. The van der Waals surface area contributed by atoms with Crippen molar-refractivity contribution in [2.45, 2.75) is 25.8 Å². The van der Waals surface area contributed by atoms with Crippen molar-refractivity contribution in [3.63, 3.8) is 0 Å². The minimum absolute atomic E-state index is 0.131. The van der Waals surface area contributed by atoms with Crippen molar-refractivity contribution in [2.24, 2.45) is 0 Å². The van der Waals surface area contributed by atoms with Crippen LogP contribution in [0.4, 0.5) is 6.01 Å². The summed E-state index contributed by atoms with van der Waals surface area (Å²) in [5.74, 6) is 0.540. The highest BCUT2D eigenvalue weighted by atomic mass is 32.2. The molecule has 0 radical (unpaired) electrons. The van der Waals surface area contributed by atoms with E-state index < -0.39 is 10.0 Å². The van der Waals surface area contributed by atoms with Gasteiger partial charge in [0.15, 0.2) is 0 Å². The Hall–Kier alpha value is -1.93. The van der Waals surface area contributed by atoms with Crippen molar-refractivity contribution < 1.29 is 12.9 Å². The number of benzene rings is 1. The molecule has 0 saturated carbocycles. The van der Waals surface area contributed by atoms with Gasteiger partial charge in [0, 0.05) is 24.7 Å². The number of sulfonamides is 1. The van der Waals surface area contributed by atoms with Gasteiger partial charge in [-0.25, -0.2) is 13.1 Å². The lowest BCUT2D eigenvalue weighted by Gasteiger charge is -2.31. The third kappa shape index (κ3) is 4.08. The van der Waals surface area contributed by atoms with E-state index in [1.807, 2.05) is 36.1 Å². The summed E-state index contributed by atoms with van der Waals surface area (Å²) in [5, 5.41) is 4.02. The minimum atomic E-state index is -3.21. The van der Waals surface area contributed by atoms with Crippen molar-refractivity contribution in [1.29, 1.82) is 0 Å². The van der Waals surface area contributed by atoms with Gasteiger partial charge in [-0.15, -0.1) is 0 Å². The summed E-state index contributed by atoms with van der Waals surface area (Å²) >= 11 is 0. The molecule has 3 rings (SSSR count). The first kappa shape index (κ1) is 15.9. The highest BCUT2D eigenvalue weighted by Crippen LogP contribution is 2.23. The molecule has 1 saturated heterocycles. The fraction of sp³-hybridized carbons (Fsp3) is 0.467. The van der Waals surface area contributed by atoms with Gasteiger partial charge >= 0.3 is 6.01 Å². The molecule has 2 aromatic rings. The van der Waals surface area contributed by atoms with Crippen LogP contribution in [-0.4, -0.2) is 43.9 Å². The molecule has 7 nitrogen and oxygen atoms in total. The molecule has 1 aliphatic heterocycles. The van der Waals surface area contributed by atoms with Crippen molar-refractivity contribution in [2.75, 3.05) is 24.2 Å². The molecular formula is C15H20N4O3S. The van der Waals surface area contributed by atoms with Gasteiger partial charge < -0.3 is 9.42 Å². The monoisotopic (exact) mass is 336 g/mol. The topological polar surface area (TPSA) is 88.3 Å². The summed E-state index contributed by atoms with van der Waals surface area (Å²) < 4.78 is 30.8.